The van der Waals surface area contributed by atoms with E-state index in [1.54, 1.807) is 45.2 Å². The van der Waals surface area contributed by atoms with Crippen molar-refractivity contribution in [2.75, 3.05) is 17.2 Å². The number of carbonyl (C=O) groups is 3. The van der Waals surface area contributed by atoms with Gasteiger partial charge >= 0.3 is 5.97 Å². The van der Waals surface area contributed by atoms with Gasteiger partial charge in [-0.1, -0.05) is 12.1 Å². The van der Waals surface area contributed by atoms with Crippen molar-refractivity contribution in [1.82, 2.24) is 14.7 Å². The predicted molar refractivity (Wildman–Crippen MR) is 156 cm³/mol. The summed E-state index contributed by atoms with van der Waals surface area (Å²) in [6, 6.07) is 5.66. The number of carbonyl (C=O) groups excluding carboxylic acids is 3. The minimum absolute atomic E-state index is 0.0273. The van der Waals surface area contributed by atoms with Crippen molar-refractivity contribution in [3.63, 3.8) is 0 Å². The van der Waals surface area contributed by atoms with E-state index >= 15 is 0 Å². The van der Waals surface area contributed by atoms with Crippen molar-refractivity contribution >= 4 is 39.4 Å². The topological polar surface area (TPSA) is 169 Å². The maximum atomic E-state index is 13.6. The van der Waals surface area contributed by atoms with Crippen LogP contribution in [0, 0.1) is 27.7 Å². The average molecular weight is 598 g/mol. The monoisotopic (exact) mass is 597 g/mol. The molecule has 0 unspecified atom stereocenters. The van der Waals surface area contributed by atoms with Gasteiger partial charge in [0.15, 0.2) is 6.10 Å². The van der Waals surface area contributed by atoms with Crippen molar-refractivity contribution in [1.29, 1.82) is 0 Å². The third kappa shape index (κ3) is 6.97. The highest BCUT2D eigenvalue weighted by molar-refractivity contribution is 7.89. The van der Waals surface area contributed by atoms with E-state index in [-0.39, 0.29) is 36.7 Å². The number of aryl methyl sites for hydroxylation is 2. The number of nitrogens with one attached hydrogen (secondary N) is 4. The fraction of sp³-hybridized carbons (Fsp3) is 0.379. The lowest BCUT2D eigenvalue weighted by Gasteiger charge is -2.26. The number of nitrogens with zero attached hydrogens (tertiary/aromatic N) is 1. The molecule has 224 valence electrons. The Morgan fingerprint density at radius 3 is 2.48 bits per heavy atom. The summed E-state index contributed by atoms with van der Waals surface area (Å²) in [5, 5.41) is 5.38. The number of sulfonamides is 1. The van der Waals surface area contributed by atoms with Gasteiger partial charge in [0.2, 0.25) is 21.9 Å². The number of aromatic nitrogens is 2. The van der Waals surface area contributed by atoms with Crippen LogP contribution in [0.4, 0.5) is 11.6 Å². The fourth-order valence-corrected chi connectivity index (χ4v) is 6.59. The molecule has 0 saturated carbocycles. The van der Waals surface area contributed by atoms with E-state index in [1.165, 1.54) is 6.20 Å². The van der Waals surface area contributed by atoms with Gasteiger partial charge in [-0.3, -0.25) is 19.7 Å². The molecule has 2 atom stereocenters. The molecule has 2 aromatic carbocycles. The summed E-state index contributed by atoms with van der Waals surface area (Å²) in [6.07, 6.45) is 2.36. The van der Waals surface area contributed by atoms with Gasteiger partial charge < -0.3 is 19.8 Å². The number of amides is 2. The smallest absolute Gasteiger partial charge is 0.324 e. The molecule has 1 aliphatic rings. The Bertz CT molecular complexity index is 1580. The van der Waals surface area contributed by atoms with Crippen molar-refractivity contribution in [3.8, 4) is 5.75 Å². The molecular weight excluding hydrogens is 562 g/mol. The third-order valence-corrected chi connectivity index (χ3v) is 8.87. The van der Waals surface area contributed by atoms with Crippen molar-refractivity contribution in [3.05, 3.63) is 64.5 Å². The first-order chi connectivity index (χ1) is 19.9. The Hall–Kier alpha value is -4.23. The zero-order chi connectivity index (χ0) is 30.6. The number of aromatic amines is 1. The lowest BCUT2D eigenvalue weighted by molar-refractivity contribution is -0.145. The number of esters is 1. The summed E-state index contributed by atoms with van der Waals surface area (Å²) in [6.45, 7) is 8.88. The highest BCUT2D eigenvalue weighted by atomic mass is 32.2. The number of H-pyrrole nitrogens is 1. The first-order valence-corrected chi connectivity index (χ1v) is 15.0. The molecule has 2 heterocycles. The summed E-state index contributed by atoms with van der Waals surface area (Å²) in [4.78, 5) is 44.6. The molecule has 0 saturated heterocycles. The van der Waals surface area contributed by atoms with E-state index < -0.39 is 34.0 Å². The van der Waals surface area contributed by atoms with E-state index in [1.807, 2.05) is 19.9 Å². The Labute approximate surface area is 244 Å². The molecule has 0 spiro atoms. The third-order valence-electron chi connectivity index (χ3n) is 7.13. The summed E-state index contributed by atoms with van der Waals surface area (Å²) in [7, 11) is -4.10. The molecule has 4 N–H and O–H groups in total. The van der Waals surface area contributed by atoms with Crippen LogP contribution in [0.1, 0.15) is 47.6 Å². The first kappa shape index (κ1) is 30.7. The summed E-state index contributed by atoms with van der Waals surface area (Å²) in [5.41, 5.74) is 3.81. The molecule has 0 radical (unpaired) electrons. The van der Waals surface area contributed by atoms with Crippen molar-refractivity contribution in [2.24, 2.45) is 0 Å². The normalized spacial score (nSPS) is 15.3. The Morgan fingerprint density at radius 2 is 1.83 bits per heavy atom. The van der Waals surface area contributed by atoms with Crippen LogP contribution in [-0.2, 0) is 35.6 Å². The molecule has 12 nitrogen and oxygen atoms in total. The molecular formula is C29H35N5O7S. The van der Waals surface area contributed by atoms with Crippen LogP contribution in [0.2, 0.25) is 0 Å². The van der Waals surface area contributed by atoms with Gasteiger partial charge in [0.05, 0.1) is 17.2 Å². The van der Waals surface area contributed by atoms with Crippen LogP contribution < -0.4 is 20.1 Å². The van der Waals surface area contributed by atoms with Crippen LogP contribution >= 0.6 is 0 Å². The average Bonchev–Trinajstić information content (AvgIpc) is 3.43. The number of imidazole rings is 1. The minimum Gasteiger partial charge on any atom is -0.478 e. The standard InChI is InChI=1S/C29H35N5O7S/c1-6-40-28(37)22(34-42(38,39)26-18(4)16(2)13-17(3)19(26)5)15-20-7-8-23-21(14-20)32-27(36)24(41-23)9-10-25(35)33-29-30-11-12-31-29/h7-8,11-14,22,24,34H,6,9-10,15H2,1-5H3,(H,32,36)(H2,30,31,33,35)/t22-,24+/m0/s1. The predicted octanol–water partition coefficient (Wildman–Crippen LogP) is 3.21. The molecule has 4 rings (SSSR count). The van der Waals surface area contributed by atoms with E-state index in [9.17, 15) is 22.8 Å². The summed E-state index contributed by atoms with van der Waals surface area (Å²) >= 11 is 0. The molecule has 1 aromatic heterocycles. The lowest BCUT2D eigenvalue weighted by Crippen LogP contribution is -2.44. The highest BCUT2D eigenvalue weighted by Crippen LogP contribution is 2.32. The van der Waals surface area contributed by atoms with E-state index in [0.29, 0.717) is 34.1 Å². The Morgan fingerprint density at radius 1 is 1.12 bits per heavy atom. The number of benzene rings is 2. The van der Waals surface area contributed by atoms with Crippen molar-refractivity contribution < 1.29 is 32.3 Å². The van der Waals surface area contributed by atoms with Gasteiger partial charge in [-0.2, -0.15) is 4.72 Å². The van der Waals surface area contributed by atoms with E-state index in [4.69, 9.17) is 9.47 Å². The van der Waals surface area contributed by atoms with Crippen LogP contribution in [0.5, 0.6) is 5.75 Å². The summed E-state index contributed by atoms with van der Waals surface area (Å²) < 4.78 is 40.7. The SMILES string of the molecule is CCOC(=O)[C@H](Cc1ccc2c(c1)NC(=O)[C@@H](CCC(=O)Nc1ncc[nH]1)O2)NS(=O)(=O)c1c(C)c(C)cc(C)c1C. The highest BCUT2D eigenvalue weighted by Gasteiger charge is 2.32. The number of hydrogen-bond acceptors (Lipinski definition) is 8. The second kappa shape index (κ2) is 12.7. The molecule has 1 aliphatic heterocycles. The number of ether oxygens (including phenoxy) is 2. The Balaban J connectivity index is 1.49. The van der Waals surface area contributed by atoms with E-state index in [2.05, 4.69) is 25.3 Å². The Kier molecular flexibility index (Phi) is 9.32. The van der Waals surface area contributed by atoms with Crippen LogP contribution in [0.3, 0.4) is 0 Å². The second-order valence-corrected chi connectivity index (χ2v) is 11.8. The van der Waals surface area contributed by atoms with Gasteiger partial charge in [-0.25, -0.2) is 13.4 Å². The van der Waals surface area contributed by atoms with Crippen molar-refractivity contribution in [2.45, 2.75) is 70.9 Å². The van der Waals surface area contributed by atoms with Crippen LogP contribution in [0.25, 0.3) is 0 Å². The quantitative estimate of drug-likeness (QED) is 0.244. The molecule has 42 heavy (non-hydrogen) atoms. The fourth-order valence-electron chi connectivity index (χ4n) is 4.79. The molecule has 3 aromatic rings. The molecule has 0 bridgehead atoms. The largest absolute Gasteiger partial charge is 0.478 e. The number of anilines is 2. The van der Waals surface area contributed by atoms with Gasteiger partial charge in [-0.15, -0.1) is 0 Å². The number of rotatable bonds is 11. The molecule has 0 aliphatic carbocycles. The van der Waals surface area contributed by atoms with E-state index in [0.717, 1.165) is 11.1 Å². The molecule has 2 amide bonds. The molecule has 0 fully saturated rings. The van der Waals surface area contributed by atoms with Crippen LogP contribution in [-0.4, -0.2) is 54.9 Å². The number of hydrogen-bond donors (Lipinski definition) is 4. The van der Waals surface area contributed by atoms with Gasteiger partial charge in [0.25, 0.3) is 5.91 Å². The van der Waals surface area contributed by atoms with Crippen LogP contribution in [0.15, 0.2) is 41.6 Å². The first-order valence-electron chi connectivity index (χ1n) is 13.6. The maximum Gasteiger partial charge on any atom is 0.324 e. The molecule has 13 heteroatoms. The number of fused-ring (bicyclic) bond motifs is 1. The van der Waals surface area contributed by atoms with Gasteiger partial charge in [0.1, 0.15) is 11.8 Å². The minimum atomic E-state index is -4.10. The van der Waals surface area contributed by atoms with Gasteiger partial charge in [-0.05, 0) is 81.0 Å². The second-order valence-electron chi connectivity index (χ2n) is 10.2. The van der Waals surface area contributed by atoms with Gasteiger partial charge in [0, 0.05) is 25.2 Å². The lowest BCUT2D eigenvalue weighted by atomic mass is 10.0. The zero-order valence-corrected chi connectivity index (χ0v) is 25.0. The maximum absolute atomic E-state index is 13.6. The summed E-state index contributed by atoms with van der Waals surface area (Å²) in [5.74, 6) is -0.749. The zero-order valence-electron chi connectivity index (χ0n) is 24.2.